The smallest absolute Gasteiger partial charge is 0.338 e. The third-order valence-electron chi connectivity index (χ3n) is 4.45. The van der Waals surface area contributed by atoms with E-state index in [9.17, 15) is 4.79 Å². The zero-order chi connectivity index (χ0) is 20.6. The van der Waals surface area contributed by atoms with Gasteiger partial charge in [-0.05, 0) is 45.8 Å². The number of carbonyl (C=O) groups excluding carboxylic acids is 1. The Balaban J connectivity index is 1.31. The van der Waals surface area contributed by atoms with Crippen molar-refractivity contribution in [3.63, 3.8) is 0 Å². The Hall–Kier alpha value is -4.00. The van der Waals surface area contributed by atoms with Gasteiger partial charge >= 0.3 is 5.97 Å². The van der Waals surface area contributed by atoms with E-state index < -0.39 is 5.97 Å². The summed E-state index contributed by atoms with van der Waals surface area (Å²) in [5.41, 5.74) is 2.48. The number of hydrogen-bond donors (Lipinski definition) is 0. The minimum atomic E-state index is -0.431. The lowest BCUT2D eigenvalue weighted by Crippen LogP contribution is -2.12. The Morgan fingerprint density at radius 1 is 0.800 bits per heavy atom. The minimum Gasteiger partial charge on any atom is -0.489 e. The van der Waals surface area contributed by atoms with Gasteiger partial charge in [0.25, 0.3) is 0 Å². The summed E-state index contributed by atoms with van der Waals surface area (Å²) in [6, 6.07) is 26.5. The standard InChI is InChI=1S/C23H20N4O3/c28-23(20-13-11-19(12-14-20)16-29-21-9-5-2-6-10-21)30-17-22-24-25-26-27(22)15-18-7-3-1-4-8-18/h1-14H,15-17H2. The van der Waals surface area contributed by atoms with E-state index in [2.05, 4.69) is 15.5 Å². The molecular formula is C23H20N4O3. The van der Waals surface area contributed by atoms with E-state index in [1.165, 1.54) is 0 Å². The first kappa shape index (κ1) is 19.3. The molecule has 7 heteroatoms. The molecule has 4 rings (SSSR count). The molecule has 7 nitrogen and oxygen atoms in total. The van der Waals surface area contributed by atoms with E-state index in [-0.39, 0.29) is 6.61 Å². The number of tetrazole rings is 1. The van der Waals surface area contributed by atoms with Crippen molar-refractivity contribution in [1.82, 2.24) is 20.2 Å². The molecule has 0 saturated heterocycles. The van der Waals surface area contributed by atoms with Crippen molar-refractivity contribution < 1.29 is 14.3 Å². The number of hydrogen-bond acceptors (Lipinski definition) is 6. The van der Waals surface area contributed by atoms with Crippen LogP contribution in [-0.2, 0) is 24.5 Å². The molecule has 30 heavy (non-hydrogen) atoms. The lowest BCUT2D eigenvalue weighted by atomic mass is 10.1. The van der Waals surface area contributed by atoms with Crippen LogP contribution in [0.25, 0.3) is 0 Å². The molecule has 0 unspecified atom stereocenters. The fraction of sp³-hybridized carbons (Fsp3) is 0.130. The lowest BCUT2D eigenvalue weighted by molar-refractivity contribution is 0.0457. The Labute approximate surface area is 173 Å². The topological polar surface area (TPSA) is 79.1 Å². The first-order valence-electron chi connectivity index (χ1n) is 9.51. The van der Waals surface area contributed by atoms with Crippen LogP contribution in [0.5, 0.6) is 5.75 Å². The van der Waals surface area contributed by atoms with Gasteiger partial charge in [-0.15, -0.1) is 5.10 Å². The molecule has 0 spiro atoms. The molecule has 0 aliphatic carbocycles. The van der Waals surface area contributed by atoms with Crippen LogP contribution in [0.2, 0.25) is 0 Å². The quantitative estimate of drug-likeness (QED) is 0.420. The van der Waals surface area contributed by atoms with Crippen molar-refractivity contribution in [3.05, 3.63) is 107 Å². The highest BCUT2D eigenvalue weighted by Gasteiger charge is 2.12. The predicted molar refractivity (Wildman–Crippen MR) is 110 cm³/mol. The number of para-hydroxylation sites is 1. The first-order chi connectivity index (χ1) is 14.8. The molecule has 150 valence electrons. The van der Waals surface area contributed by atoms with Crippen LogP contribution in [0.3, 0.4) is 0 Å². The van der Waals surface area contributed by atoms with Crippen LogP contribution >= 0.6 is 0 Å². The highest BCUT2D eigenvalue weighted by Crippen LogP contribution is 2.13. The molecule has 0 N–H and O–H groups in total. The molecule has 4 aromatic rings. The summed E-state index contributed by atoms with van der Waals surface area (Å²) in [6.07, 6.45) is 0. The summed E-state index contributed by atoms with van der Waals surface area (Å²) in [4.78, 5) is 12.4. The number of benzene rings is 3. The monoisotopic (exact) mass is 400 g/mol. The van der Waals surface area contributed by atoms with Gasteiger partial charge in [0.05, 0.1) is 12.1 Å². The number of nitrogens with zero attached hydrogens (tertiary/aromatic N) is 4. The molecule has 0 radical (unpaired) electrons. The molecule has 0 saturated carbocycles. The Morgan fingerprint density at radius 2 is 1.50 bits per heavy atom. The van der Waals surface area contributed by atoms with Gasteiger partial charge in [0.2, 0.25) is 0 Å². The van der Waals surface area contributed by atoms with Crippen LogP contribution in [-0.4, -0.2) is 26.2 Å². The van der Waals surface area contributed by atoms with Crippen LogP contribution in [0, 0.1) is 0 Å². The summed E-state index contributed by atoms with van der Waals surface area (Å²) in [6.45, 7) is 0.933. The number of carbonyl (C=O) groups is 1. The first-order valence-corrected chi connectivity index (χ1v) is 9.51. The lowest BCUT2D eigenvalue weighted by Gasteiger charge is -2.08. The second-order valence-corrected chi connectivity index (χ2v) is 6.61. The van der Waals surface area contributed by atoms with Gasteiger partial charge in [-0.25, -0.2) is 9.48 Å². The fourth-order valence-electron chi connectivity index (χ4n) is 2.84. The Bertz CT molecular complexity index is 1080. The van der Waals surface area contributed by atoms with Crippen molar-refractivity contribution in [2.75, 3.05) is 0 Å². The van der Waals surface area contributed by atoms with Gasteiger partial charge in [-0.2, -0.15) is 0 Å². The van der Waals surface area contributed by atoms with E-state index in [0.29, 0.717) is 24.5 Å². The summed E-state index contributed by atoms with van der Waals surface area (Å²) < 4.78 is 12.7. The van der Waals surface area contributed by atoms with Gasteiger partial charge in [-0.1, -0.05) is 60.7 Å². The van der Waals surface area contributed by atoms with Gasteiger partial charge in [0.15, 0.2) is 12.4 Å². The number of ether oxygens (including phenoxy) is 2. The summed E-state index contributed by atoms with van der Waals surface area (Å²) >= 11 is 0. The van der Waals surface area contributed by atoms with Gasteiger partial charge < -0.3 is 9.47 Å². The van der Waals surface area contributed by atoms with Crippen molar-refractivity contribution in [3.8, 4) is 5.75 Å². The molecule has 0 fully saturated rings. The Kier molecular flexibility index (Phi) is 6.10. The van der Waals surface area contributed by atoms with Crippen molar-refractivity contribution >= 4 is 5.97 Å². The van der Waals surface area contributed by atoms with Crippen LogP contribution in [0.1, 0.15) is 27.3 Å². The van der Waals surface area contributed by atoms with Crippen LogP contribution < -0.4 is 4.74 Å². The van der Waals surface area contributed by atoms with Gasteiger partial charge in [0, 0.05) is 0 Å². The number of esters is 1. The molecule has 1 heterocycles. The molecule has 3 aromatic carbocycles. The zero-order valence-electron chi connectivity index (χ0n) is 16.2. The largest absolute Gasteiger partial charge is 0.489 e. The van der Waals surface area contributed by atoms with E-state index in [1.807, 2.05) is 72.8 Å². The predicted octanol–water partition coefficient (Wildman–Crippen LogP) is 3.66. The molecule has 0 atom stereocenters. The Morgan fingerprint density at radius 3 is 2.23 bits per heavy atom. The second kappa shape index (κ2) is 9.47. The number of rotatable bonds is 8. The van der Waals surface area contributed by atoms with Crippen molar-refractivity contribution in [1.29, 1.82) is 0 Å². The highest BCUT2D eigenvalue weighted by molar-refractivity contribution is 5.89. The molecular weight excluding hydrogens is 380 g/mol. The molecule has 0 aliphatic rings. The van der Waals surface area contributed by atoms with Crippen LogP contribution in [0.4, 0.5) is 0 Å². The van der Waals surface area contributed by atoms with E-state index in [0.717, 1.165) is 16.9 Å². The molecule has 0 amide bonds. The van der Waals surface area contributed by atoms with Crippen LogP contribution in [0.15, 0.2) is 84.9 Å². The molecule has 0 bridgehead atoms. The van der Waals surface area contributed by atoms with E-state index in [1.54, 1.807) is 16.8 Å². The highest BCUT2D eigenvalue weighted by atomic mass is 16.5. The van der Waals surface area contributed by atoms with E-state index in [4.69, 9.17) is 9.47 Å². The third-order valence-corrected chi connectivity index (χ3v) is 4.45. The normalized spacial score (nSPS) is 10.5. The van der Waals surface area contributed by atoms with Crippen molar-refractivity contribution in [2.45, 2.75) is 19.8 Å². The van der Waals surface area contributed by atoms with Crippen molar-refractivity contribution in [2.24, 2.45) is 0 Å². The summed E-state index contributed by atoms with van der Waals surface area (Å²) in [5, 5.41) is 11.6. The fourth-order valence-corrected chi connectivity index (χ4v) is 2.84. The maximum atomic E-state index is 12.4. The maximum Gasteiger partial charge on any atom is 0.338 e. The average molecular weight is 400 g/mol. The third kappa shape index (κ3) is 5.08. The maximum absolute atomic E-state index is 12.4. The average Bonchev–Trinajstić information content (AvgIpc) is 3.24. The van der Waals surface area contributed by atoms with Gasteiger partial charge in [0.1, 0.15) is 12.4 Å². The SMILES string of the molecule is O=C(OCc1nnnn1Cc1ccccc1)c1ccc(COc2ccccc2)cc1. The van der Waals surface area contributed by atoms with Gasteiger partial charge in [-0.3, -0.25) is 0 Å². The number of aromatic nitrogens is 4. The van der Waals surface area contributed by atoms with E-state index >= 15 is 0 Å². The summed E-state index contributed by atoms with van der Waals surface area (Å²) in [5.74, 6) is 0.856. The zero-order valence-corrected chi connectivity index (χ0v) is 16.2. The minimum absolute atomic E-state index is 0.00244. The summed E-state index contributed by atoms with van der Waals surface area (Å²) in [7, 11) is 0. The molecule has 1 aromatic heterocycles. The second-order valence-electron chi connectivity index (χ2n) is 6.61. The molecule has 0 aliphatic heterocycles.